The molecule has 0 aliphatic carbocycles. The molecule has 0 aliphatic heterocycles. The van der Waals surface area contributed by atoms with E-state index in [0.717, 1.165) is 5.69 Å². The van der Waals surface area contributed by atoms with E-state index in [0.29, 0.717) is 40.3 Å². The molecule has 0 saturated heterocycles. The van der Waals surface area contributed by atoms with Crippen LogP contribution in [-0.2, 0) is 0 Å². The maximum absolute atomic E-state index is 6.26. The second-order valence-electron chi connectivity index (χ2n) is 5.50. The molecule has 0 spiro atoms. The number of nitrogens with zero attached hydrogens (tertiary/aromatic N) is 2. The molecular weight excluding hydrogens is 346 g/mol. The van der Waals surface area contributed by atoms with E-state index >= 15 is 0 Å². The van der Waals surface area contributed by atoms with Crippen LogP contribution in [0.2, 0.25) is 0 Å². The highest BCUT2D eigenvalue weighted by molar-refractivity contribution is 5.82. The number of aromatic nitrogens is 2. The molecule has 0 bridgehead atoms. The lowest BCUT2D eigenvalue weighted by atomic mass is 10.2. The van der Waals surface area contributed by atoms with Crippen molar-refractivity contribution in [3.63, 3.8) is 0 Å². The van der Waals surface area contributed by atoms with Gasteiger partial charge in [-0.2, -0.15) is 0 Å². The largest absolute Gasteiger partial charge is 0.497 e. The molecule has 0 amide bonds. The van der Waals surface area contributed by atoms with Gasteiger partial charge in [-0.1, -0.05) is 12.1 Å². The maximum atomic E-state index is 6.26. The summed E-state index contributed by atoms with van der Waals surface area (Å²) in [6.45, 7) is 0. The maximum Gasteiger partial charge on any atom is 0.159 e. The average molecular weight is 367 g/mol. The normalized spacial score (nSPS) is 10.2. The van der Waals surface area contributed by atoms with E-state index in [1.54, 1.807) is 27.4 Å². The first-order chi connectivity index (χ1) is 13.2. The smallest absolute Gasteiger partial charge is 0.159 e. The fraction of sp³-hybridized carbons (Fsp3) is 0.158. The van der Waals surface area contributed by atoms with Crippen molar-refractivity contribution in [2.45, 2.75) is 0 Å². The van der Waals surface area contributed by atoms with Gasteiger partial charge in [-0.15, -0.1) is 0 Å². The highest BCUT2D eigenvalue weighted by atomic mass is 16.5. The zero-order valence-corrected chi connectivity index (χ0v) is 15.3. The molecule has 2 aromatic carbocycles. The average Bonchev–Trinajstić information content (AvgIpc) is 2.71. The second-order valence-corrected chi connectivity index (χ2v) is 5.50. The van der Waals surface area contributed by atoms with Crippen molar-refractivity contribution in [3.05, 3.63) is 48.8 Å². The van der Waals surface area contributed by atoms with Crippen molar-refractivity contribution in [2.75, 3.05) is 37.7 Å². The van der Waals surface area contributed by atoms with Crippen LogP contribution in [0.5, 0.6) is 17.2 Å². The van der Waals surface area contributed by atoms with Crippen molar-refractivity contribution < 1.29 is 14.2 Å². The fourth-order valence-corrected chi connectivity index (χ4v) is 2.50. The molecule has 140 valence electrons. The molecule has 27 heavy (non-hydrogen) atoms. The lowest BCUT2D eigenvalue weighted by Gasteiger charge is -2.16. The molecule has 3 aromatic rings. The van der Waals surface area contributed by atoms with Crippen LogP contribution in [0.3, 0.4) is 0 Å². The SMILES string of the molecule is COc1ccc(Nc2ncnc(Nc3ccccc3OC)c2N)c(OC)c1. The highest BCUT2D eigenvalue weighted by Gasteiger charge is 2.13. The first-order valence-electron chi connectivity index (χ1n) is 8.15. The van der Waals surface area contributed by atoms with Gasteiger partial charge in [-0.25, -0.2) is 9.97 Å². The number of anilines is 5. The summed E-state index contributed by atoms with van der Waals surface area (Å²) in [5.41, 5.74) is 8.07. The Morgan fingerprint density at radius 2 is 1.41 bits per heavy atom. The molecule has 8 heteroatoms. The molecule has 3 rings (SSSR count). The molecular formula is C19H21N5O3. The minimum atomic E-state index is 0.362. The van der Waals surface area contributed by atoms with Crippen molar-refractivity contribution in [3.8, 4) is 17.2 Å². The van der Waals surface area contributed by atoms with E-state index in [9.17, 15) is 0 Å². The third-order valence-electron chi connectivity index (χ3n) is 3.91. The summed E-state index contributed by atoms with van der Waals surface area (Å²) in [5, 5.41) is 6.34. The minimum absolute atomic E-state index is 0.362. The van der Waals surface area contributed by atoms with Crippen LogP contribution < -0.4 is 30.6 Å². The van der Waals surface area contributed by atoms with Gasteiger partial charge in [0, 0.05) is 6.07 Å². The van der Waals surface area contributed by atoms with Crippen LogP contribution in [0.1, 0.15) is 0 Å². The standard InChI is InChI=1S/C19H21N5O3/c1-25-12-8-9-14(16(10-12)27-3)24-19-17(20)18(21-11-22-19)23-13-6-4-5-7-15(13)26-2/h4-11H,20H2,1-3H3,(H2,21,22,23,24). The molecule has 1 heterocycles. The third kappa shape index (κ3) is 3.95. The lowest BCUT2D eigenvalue weighted by Crippen LogP contribution is -2.06. The van der Waals surface area contributed by atoms with Crippen LogP contribution in [0.4, 0.5) is 28.7 Å². The van der Waals surface area contributed by atoms with Crippen molar-refractivity contribution in [1.82, 2.24) is 9.97 Å². The number of hydrogen-bond donors (Lipinski definition) is 3. The van der Waals surface area contributed by atoms with Gasteiger partial charge in [-0.05, 0) is 24.3 Å². The van der Waals surface area contributed by atoms with E-state index in [-0.39, 0.29) is 0 Å². The van der Waals surface area contributed by atoms with Crippen molar-refractivity contribution >= 4 is 28.7 Å². The summed E-state index contributed by atoms with van der Waals surface area (Å²) in [4.78, 5) is 8.46. The van der Waals surface area contributed by atoms with Gasteiger partial charge in [0.25, 0.3) is 0 Å². The summed E-state index contributed by atoms with van der Waals surface area (Å²) >= 11 is 0. The van der Waals surface area contributed by atoms with Crippen LogP contribution in [-0.4, -0.2) is 31.3 Å². The fourth-order valence-electron chi connectivity index (χ4n) is 2.50. The number of nitrogens with two attached hydrogens (primary N) is 1. The Morgan fingerprint density at radius 3 is 2.04 bits per heavy atom. The predicted molar refractivity (Wildman–Crippen MR) is 106 cm³/mol. The monoisotopic (exact) mass is 367 g/mol. The highest BCUT2D eigenvalue weighted by Crippen LogP contribution is 2.35. The molecule has 0 fully saturated rings. The first-order valence-corrected chi connectivity index (χ1v) is 8.15. The van der Waals surface area contributed by atoms with Gasteiger partial charge in [-0.3, -0.25) is 0 Å². The Balaban J connectivity index is 1.89. The lowest BCUT2D eigenvalue weighted by molar-refractivity contribution is 0.395. The minimum Gasteiger partial charge on any atom is -0.497 e. The first kappa shape index (κ1) is 18.1. The van der Waals surface area contributed by atoms with E-state index in [1.165, 1.54) is 6.33 Å². The van der Waals surface area contributed by atoms with Crippen LogP contribution in [0.15, 0.2) is 48.8 Å². The van der Waals surface area contributed by atoms with E-state index in [4.69, 9.17) is 19.9 Å². The topological polar surface area (TPSA) is 104 Å². The Bertz CT molecular complexity index is 933. The number of nitrogens with one attached hydrogen (secondary N) is 2. The number of benzene rings is 2. The Hall–Kier alpha value is -3.68. The van der Waals surface area contributed by atoms with E-state index in [2.05, 4.69) is 20.6 Å². The number of rotatable bonds is 7. The molecule has 8 nitrogen and oxygen atoms in total. The molecule has 1 aromatic heterocycles. The zero-order chi connectivity index (χ0) is 19.2. The molecule has 4 N–H and O–H groups in total. The predicted octanol–water partition coefficient (Wildman–Crippen LogP) is 3.57. The number of para-hydroxylation sites is 2. The molecule has 0 atom stereocenters. The number of methoxy groups -OCH3 is 3. The quantitative estimate of drug-likeness (QED) is 0.582. The molecule has 0 aliphatic rings. The zero-order valence-electron chi connectivity index (χ0n) is 15.3. The Morgan fingerprint density at radius 1 is 0.778 bits per heavy atom. The molecule has 0 radical (unpaired) electrons. The summed E-state index contributed by atoms with van der Waals surface area (Å²) in [7, 11) is 4.78. The summed E-state index contributed by atoms with van der Waals surface area (Å²) in [6.07, 6.45) is 1.42. The van der Waals surface area contributed by atoms with Gasteiger partial charge < -0.3 is 30.6 Å². The van der Waals surface area contributed by atoms with E-state index < -0.39 is 0 Å². The van der Waals surface area contributed by atoms with Gasteiger partial charge in [0.15, 0.2) is 11.6 Å². The van der Waals surface area contributed by atoms with Crippen LogP contribution in [0.25, 0.3) is 0 Å². The van der Waals surface area contributed by atoms with Gasteiger partial charge >= 0.3 is 0 Å². The number of ether oxygens (including phenoxy) is 3. The molecule has 0 unspecified atom stereocenters. The Kier molecular flexibility index (Phi) is 5.46. The summed E-state index contributed by atoms with van der Waals surface area (Å²) in [6, 6.07) is 12.9. The number of hydrogen-bond acceptors (Lipinski definition) is 8. The van der Waals surface area contributed by atoms with E-state index in [1.807, 2.05) is 36.4 Å². The van der Waals surface area contributed by atoms with Crippen molar-refractivity contribution in [2.24, 2.45) is 0 Å². The van der Waals surface area contributed by atoms with Gasteiger partial charge in [0.1, 0.15) is 29.3 Å². The van der Waals surface area contributed by atoms with Crippen LogP contribution >= 0.6 is 0 Å². The van der Waals surface area contributed by atoms with Gasteiger partial charge in [0.05, 0.1) is 32.7 Å². The summed E-state index contributed by atoms with van der Waals surface area (Å²) in [5.74, 6) is 2.88. The Labute approximate surface area is 157 Å². The van der Waals surface area contributed by atoms with Crippen molar-refractivity contribution in [1.29, 1.82) is 0 Å². The second kappa shape index (κ2) is 8.13. The molecule has 0 saturated carbocycles. The number of nitrogen functional groups attached to an aromatic ring is 1. The summed E-state index contributed by atoms with van der Waals surface area (Å²) < 4.78 is 16.0. The third-order valence-corrected chi connectivity index (χ3v) is 3.91. The van der Waals surface area contributed by atoms with Crippen LogP contribution in [0, 0.1) is 0 Å². The van der Waals surface area contributed by atoms with Gasteiger partial charge in [0.2, 0.25) is 0 Å².